The third kappa shape index (κ3) is 3.34. The smallest absolute Gasteiger partial charge is 0.335 e. The number of aryl methyl sites for hydroxylation is 1. The fourth-order valence-corrected chi connectivity index (χ4v) is 1.86. The van der Waals surface area contributed by atoms with Gasteiger partial charge in [0.1, 0.15) is 0 Å². The molecule has 1 N–H and O–H groups in total. The molecule has 0 saturated heterocycles. The SMILES string of the molecule is CCCCc1cc(CBr)ccc1C(=O)O. The summed E-state index contributed by atoms with van der Waals surface area (Å²) >= 11 is 3.37. The van der Waals surface area contributed by atoms with Crippen LogP contribution in [0.4, 0.5) is 0 Å². The van der Waals surface area contributed by atoms with Gasteiger partial charge in [-0.2, -0.15) is 0 Å². The predicted octanol–water partition coefficient (Wildman–Crippen LogP) is 3.62. The molecule has 0 amide bonds. The molecule has 0 heterocycles. The van der Waals surface area contributed by atoms with Gasteiger partial charge in [0.15, 0.2) is 0 Å². The van der Waals surface area contributed by atoms with Gasteiger partial charge in [0, 0.05) is 5.33 Å². The second-order valence-corrected chi connectivity index (χ2v) is 4.09. The molecule has 0 aromatic heterocycles. The summed E-state index contributed by atoms with van der Waals surface area (Å²) in [5, 5.41) is 9.79. The van der Waals surface area contributed by atoms with Crippen LogP contribution in [-0.2, 0) is 11.8 Å². The molecule has 1 rings (SSSR count). The van der Waals surface area contributed by atoms with Crippen molar-refractivity contribution in [3.05, 3.63) is 34.9 Å². The summed E-state index contributed by atoms with van der Waals surface area (Å²) in [4.78, 5) is 11.0. The first-order valence-electron chi connectivity index (χ1n) is 5.10. The van der Waals surface area contributed by atoms with Crippen molar-refractivity contribution in [1.29, 1.82) is 0 Å². The first-order valence-corrected chi connectivity index (χ1v) is 6.22. The first kappa shape index (κ1) is 12.2. The van der Waals surface area contributed by atoms with E-state index in [4.69, 9.17) is 5.11 Å². The number of hydrogen-bond donors (Lipinski definition) is 1. The Kier molecular flexibility index (Phi) is 4.82. The number of halogens is 1. The number of carboxylic acid groups (broad SMARTS) is 1. The minimum atomic E-state index is -0.831. The summed E-state index contributed by atoms with van der Waals surface area (Å²) in [7, 11) is 0. The number of carboxylic acids is 1. The Labute approximate surface area is 98.4 Å². The van der Waals surface area contributed by atoms with Gasteiger partial charge in [-0.3, -0.25) is 0 Å². The van der Waals surface area contributed by atoms with Gasteiger partial charge >= 0.3 is 5.97 Å². The molecule has 2 nitrogen and oxygen atoms in total. The zero-order valence-electron chi connectivity index (χ0n) is 8.79. The predicted molar refractivity (Wildman–Crippen MR) is 64.6 cm³/mol. The molecule has 0 atom stereocenters. The van der Waals surface area contributed by atoms with Crippen LogP contribution in [0.15, 0.2) is 18.2 Å². The fourth-order valence-electron chi connectivity index (χ4n) is 1.51. The molecule has 0 saturated carbocycles. The Hall–Kier alpha value is -0.830. The molecule has 1 aromatic rings. The third-order valence-electron chi connectivity index (χ3n) is 2.35. The molecule has 0 aliphatic rings. The van der Waals surface area contributed by atoms with E-state index in [2.05, 4.69) is 22.9 Å². The number of alkyl halides is 1. The molecule has 1 aromatic carbocycles. The molecule has 0 unspecified atom stereocenters. The molecule has 0 spiro atoms. The monoisotopic (exact) mass is 270 g/mol. The summed E-state index contributed by atoms with van der Waals surface area (Å²) in [6.07, 6.45) is 2.96. The van der Waals surface area contributed by atoms with Crippen LogP contribution in [0.2, 0.25) is 0 Å². The summed E-state index contributed by atoms with van der Waals surface area (Å²) in [6, 6.07) is 5.53. The normalized spacial score (nSPS) is 10.3. The number of aromatic carboxylic acids is 1. The highest BCUT2D eigenvalue weighted by molar-refractivity contribution is 9.08. The summed E-state index contributed by atoms with van der Waals surface area (Å²) in [6.45, 7) is 2.11. The molecule has 0 radical (unpaired) electrons. The number of hydrogen-bond acceptors (Lipinski definition) is 1. The zero-order valence-corrected chi connectivity index (χ0v) is 10.4. The van der Waals surface area contributed by atoms with E-state index < -0.39 is 5.97 Å². The van der Waals surface area contributed by atoms with E-state index in [1.165, 1.54) is 0 Å². The number of carbonyl (C=O) groups is 1. The Morgan fingerprint density at radius 1 is 1.47 bits per heavy atom. The lowest BCUT2D eigenvalue weighted by Gasteiger charge is -2.07. The fraction of sp³-hybridized carbons (Fsp3) is 0.417. The van der Waals surface area contributed by atoms with Crippen molar-refractivity contribution >= 4 is 21.9 Å². The topological polar surface area (TPSA) is 37.3 Å². The maximum absolute atomic E-state index is 11.0. The van der Waals surface area contributed by atoms with Crippen molar-refractivity contribution < 1.29 is 9.90 Å². The minimum Gasteiger partial charge on any atom is -0.478 e. The first-order chi connectivity index (χ1) is 7.19. The van der Waals surface area contributed by atoms with Crippen molar-refractivity contribution in [3.63, 3.8) is 0 Å². The van der Waals surface area contributed by atoms with Crippen molar-refractivity contribution in [2.45, 2.75) is 31.5 Å². The van der Waals surface area contributed by atoms with Crippen molar-refractivity contribution in [2.24, 2.45) is 0 Å². The van der Waals surface area contributed by atoms with Crippen LogP contribution in [-0.4, -0.2) is 11.1 Å². The standard InChI is InChI=1S/C12H15BrO2/c1-2-3-4-10-7-9(8-13)5-6-11(10)12(14)15/h5-7H,2-4,8H2,1H3,(H,14,15). The minimum absolute atomic E-state index is 0.438. The van der Waals surface area contributed by atoms with Gasteiger partial charge in [0.05, 0.1) is 5.56 Å². The molecule has 0 aliphatic heterocycles. The van der Waals surface area contributed by atoms with E-state index in [9.17, 15) is 4.79 Å². The second-order valence-electron chi connectivity index (χ2n) is 3.53. The highest BCUT2D eigenvalue weighted by atomic mass is 79.9. The quantitative estimate of drug-likeness (QED) is 0.830. The van der Waals surface area contributed by atoms with E-state index in [0.717, 1.165) is 35.7 Å². The number of benzene rings is 1. The Bertz CT molecular complexity index is 347. The van der Waals surface area contributed by atoms with Gasteiger partial charge in [-0.1, -0.05) is 41.4 Å². The average molecular weight is 271 g/mol. The van der Waals surface area contributed by atoms with Crippen molar-refractivity contribution in [1.82, 2.24) is 0 Å². The van der Waals surface area contributed by atoms with Crippen molar-refractivity contribution in [3.8, 4) is 0 Å². The Balaban J connectivity index is 2.99. The average Bonchev–Trinajstić information content (AvgIpc) is 2.25. The van der Waals surface area contributed by atoms with Crippen LogP contribution in [0.5, 0.6) is 0 Å². The maximum Gasteiger partial charge on any atom is 0.335 e. The lowest BCUT2D eigenvalue weighted by molar-refractivity contribution is 0.0695. The summed E-state index contributed by atoms with van der Waals surface area (Å²) in [5.41, 5.74) is 2.51. The molecule has 15 heavy (non-hydrogen) atoms. The molecular formula is C12H15BrO2. The van der Waals surface area contributed by atoms with Crippen LogP contribution in [0.25, 0.3) is 0 Å². The lowest BCUT2D eigenvalue weighted by atomic mass is 10.00. The van der Waals surface area contributed by atoms with Gasteiger partial charge < -0.3 is 5.11 Å². The van der Waals surface area contributed by atoms with E-state index >= 15 is 0 Å². The molecule has 0 fully saturated rings. The lowest BCUT2D eigenvalue weighted by Crippen LogP contribution is -2.03. The van der Waals surface area contributed by atoms with E-state index in [0.29, 0.717) is 5.56 Å². The maximum atomic E-state index is 11.0. The van der Waals surface area contributed by atoms with E-state index in [1.807, 2.05) is 12.1 Å². The summed E-state index contributed by atoms with van der Waals surface area (Å²) < 4.78 is 0. The zero-order chi connectivity index (χ0) is 11.3. The van der Waals surface area contributed by atoms with E-state index in [1.54, 1.807) is 6.07 Å². The highest BCUT2D eigenvalue weighted by Crippen LogP contribution is 2.16. The molecule has 3 heteroatoms. The van der Waals surface area contributed by atoms with Gasteiger partial charge in [0.2, 0.25) is 0 Å². The summed E-state index contributed by atoms with van der Waals surface area (Å²) in [5.74, 6) is -0.831. The Morgan fingerprint density at radius 3 is 2.73 bits per heavy atom. The highest BCUT2D eigenvalue weighted by Gasteiger charge is 2.09. The van der Waals surface area contributed by atoms with Gasteiger partial charge in [0.25, 0.3) is 0 Å². The largest absolute Gasteiger partial charge is 0.478 e. The van der Waals surface area contributed by atoms with Gasteiger partial charge in [-0.25, -0.2) is 4.79 Å². The van der Waals surface area contributed by atoms with Gasteiger partial charge in [-0.15, -0.1) is 0 Å². The van der Waals surface area contributed by atoms with Crippen LogP contribution < -0.4 is 0 Å². The van der Waals surface area contributed by atoms with Crippen LogP contribution in [0.1, 0.15) is 41.3 Å². The molecule has 82 valence electrons. The van der Waals surface area contributed by atoms with Crippen LogP contribution >= 0.6 is 15.9 Å². The number of unbranched alkanes of at least 4 members (excludes halogenated alkanes) is 1. The van der Waals surface area contributed by atoms with Crippen LogP contribution in [0, 0.1) is 0 Å². The third-order valence-corrected chi connectivity index (χ3v) is 3.00. The molecule has 0 bridgehead atoms. The Morgan fingerprint density at radius 2 is 2.20 bits per heavy atom. The van der Waals surface area contributed by atoms with Gasteiger partial charge in [-0.05, 0) is 30.0 Å². The molecular weight excluding hydrogens is 256 g/mol. The molecule has 0 aliphatic carbocycles. The van der Waals surface area contributed by atoms with Crippen molar-refractivity contribution in [2.75, 3.05) is 0 Å². The number of rotatable bonds is 5. The van der Waals surface area contributed by atoms with Crippen LogP contribution in [0.3, 0.4) is 0 Å². The second kappa shape index (κ2) is 5.91. The van der Waals surface area contributed by atoms with E-state index in [-0.39, 0.29) is 0 Å².